The molecule has 0 atom stereocenters. The van der Waals surface area contributed by atoms with Gasteiger partial charge < -0.3 is 0 Å². The van der Waals surface area contributed by atoms with E-state index in [1.54, 1.807) is 6.20 Å². The van der Waals surface area contributed by atoms with Crippen molar-refractivity contribution in [3.63, 3.8) is 0 Å². The summed E-state index contributed by atoms with van der Waals surface area (Å²) in [6, 6.07) is 6.41. The Labute approximate surface area is 122 Å². The van der Waals surface area contributed by atoms with E-state index in [0.717, 1.165) is 11.3 Å². The van der Waals surface area contributed by atoms with Gasteiger partial charge in [-0.25, -0.2) is 8.78 Å². The molecule has 0 saturated heterocycles. The van der Waals surface area contributed by atoms with Crippen LogP contribution in [0.25, 0.3) is 0 Å². The standard InChI is InChI=1S/C16H16ClF2N/c1-16(2,3)11-4-5-20-12(9-11)6-10-7-13(18)15(17)14(19)8-10/h4-5,7-9H,6H2,1-3H3. The Kier molecular flexibility index (Phi) is 4.09. The van der Waals surface area contributed by atoms with Gasteiger partial charge in [-0.2, -0.15) is 0 Å². The normalized spacial score (nSPS) is 11.7. The van der Waals surface area contributed by atoms with Gasteiger partial charge in [-0.05, 0) is 40.8 Å². The van der Waals surface area contributed by atoms with Gasteiger partial charge >= 0.3 is 0 Å². The minimum Gasteiger partial charge on any atom is -0.261 e. The van der Waals surface area contributed by atoms with Gasteiger partial charge in [-0.15, -0.1) is 0 Å². The fraction of sp³-hybridized carbons (Fsp3) is 0.312. The molecule has 0 saturated carbocycles. The number of aromatic nitrogens is 1. The van der Waals surface area contributed by atoms with Crippen LogP contribution in [-0.4, -0.2) is 4.98 Å². The molecule has 4 heteroatoms. The van der Waals surface area contributed by atoms with Crippen LogP contribution in [0.4, 0.5) is 8.78 Å². The number of rotatable bonds is 2. The molecular weight excluding hydrogens is 280 g/mol. The Morgan fingerprint density at radius 1 is 1.10 bits per heavy atom. The summed E-state index contributed by atoms with van der Waals surface area (Å²) < 4.78 is 26.8. The van der Waals surface area contributed by atoms with Crippen LogP contribution in [0.3, 0.4) is 0 Å². The molecule has 0 radical (unpaired) electrons. The first-order valence-corrected chi connectivity index (χ1v) is 6.74. The predicted octanol–water partition coefficient (Wildman–Crippen LogP) is 4.90. The van der Waals surface area contributed by atoms with Crippen molar-refractivity contribution in [1.29, 1.82) is 0 Å². The summed E-state index contributed by atoms with van der Waals surface area (Å²) in [7, 11) is 0. The van der Waals surface area contributed by atoms with Gasteiger partial charge in [0.05, 0.1) is 0 Å². The van der Waals surface area contributed by atoms with Crippen LogP contribution >= 0.6 is 11.6 Å². The van der Waals surface area contributed by atoms with Gasteiger partial charge in [0, 0.05) is 18.3 Å². The minimum atomic E-state index is -0.742. The van der Waals surface area contributed by atoms with E-state index in [1.165, 1.54) is 12.1 Å². The molecule has 0 fully saturated rings. The highest BCUT2D eigenvalue weighted by molar-refractivity contribution is 6.30. The molecule has 0 aliphatic heterocycles. The molecule has 2 aromatic rings. The molecule has 1 nitrogen and oxygen atoms in total. The van der Waals surface area contributed by atoms with Crippen LogP contribution in [0.5, 0.6) is 0 Å². The first-order chi connectivity index (χ1) is 9.27. The molecule has 0 bridgehead atoms. The highest BCUT2D eigenvalue weighted by Crippen LogP contribution is 2.24. The third kappa shape index (κ3) is 3.34. The fourth-order valence-corrected chi connectivity index (χ4v) is 2.07. The molecule has 0 amide bonds. The van der Waals surface area contributed by atoms with Crippen molar-refractivity contribution < 1.29 is 8.78 Å². The molecule has 0 aliphatic carbocycles. The molecule has 106 valence electrons. The minimum absolute atomic E-state index is 0.00812. The first-order valence-electron chi connectivity index (χ1n) is 6.36. The zero-order valence-electron chi connectivity index (χ0n) is 11.7. The van der Waals surface area contributed by atoms with Gasteiger partial charge in [0.2, 0.25) is 0 Å². The van der Waals surface area contributed by atoms with Crippen molar-refractivity contribution in [3.05, 3.63) is 63.9 Å². The Hall–Kier alpha value is -1.48. The van der Waals surface area contributed by atoms with E-state index in [4.69, 9.17) is 11.6 Å². The number of pyridine rings is 1. The lowest BCUT2D eigenvalue weighted by Gasteiger charge is -2.19. The van der Waals surface area contributed by atoms with Crippen LogP contribution in [0, 0.1) is 11.6 Å². The Bertz CT molecular complexity index is 610. The van der Waals surface area contributed by atoms with Crippen LogP contribution in [0.15, 0.2) is 30.5 Å². The van der Waals surface area contributed by atoms with E-state index in [2.05, 4.69) is 25.8 Å². The lowest BCUT2D eigenvalue weighted by atomic mass is 9.87. The third-order valence-electron chi connectivity index (χ3n) is 3.11. The van der Waals surface area contributed by atoms with Gasteiger partial charge in [0.25, 0.3) is 0 Å². The first kappa shape index (κ1) is 14.9. The van der Waals surface area contributed by atoms with Crippen LogP contribution in [-0.2, 0) is 11.8 Å². The number of nitrogens with zero attached hydrogens (tertiary/aromatic N) is 1. The summed E-state index contributed by atoms with van der Waals surface area (Å²) in [6.45, 7) is 6.31. The second-order valence-corrected chi connectivity index (χ2v) is 6.21. The molecule has 0 unspecified atom stereocenters. The maximum absolute atomic E-state index is 13.4. The Morgan fingerprint density at radius 3 is 2.25 bits per heavy atom. The zero-order chi connectivity index (χ0) is 14.9. The van der Waals surface area contributed by atoms with Crippen molar-refractivity contribution in [2.45, 2.75) is 32.6 Å². The van der Waals surface area contributed by atoms with Crippen molar-refractivity contribution in [3.8, 4) is 0 Å². The highest BCUT2D eigenvalue weighted by Gasteiger charge is 2.15. The van der Waals surface area contributed by atoms with E-state index in [0.29, 0.717) is 12.0 Å². The fourth-order valence-electron chi connectivity index (χ4n) is 1.96. The van der Waals surface area contributed by atoms with E-state index >= 15 is 0 Å². The van der Waals surface area contributed by atoms with Crippen molar-refractivity contribution in [1.82, 2.24) is 4.98 Å². The number of benzene rings is 1. The largest absolute Gasteiger partial charge is 0.261 e. The molecular formula is C16H16ClF2N. The number of hydrogen-bond acceptors (Lipinski definition) is 1. The molecule has 0 N–H and O–H groups in total. The average molecular weight is 296 g/mol. The summed E-state index contributed by atoms with van der Waals surface area (Å²) in [4.78, 5) is 4.25. The van der Waals surface area contributed by atoms with Crippen LogP contribution in [0.2, 0.25) is 5.02 Å². The monoisotopic (exact) mass is 295 g/mol. The SMILES string of the molecule is CC(C)(C)c1ccnc(Cc2cc(F)c(Cl)c(F)c2)c1. The summed E-state index contributed by atoms with van der Waals surface area (Å²) >= 11 is 5.47. The molecule has 2 rings (SSSR count). The number of hydrogen-bond donors (Lipinski definition) is 0. The van der Waals surface area contributed by atoms with E-state index in [1.807, 2.05) is 12.1 Å². The summed E-state index contributed by atoms with van der Waals surface area (Å²) in [5, 5.41) is -0.467. The summed E-state index contributed by atoms with van der Waals surface area (Å²) in [5.74, 6) is -1.48. The second-order valence-electron chi connectivity index (χ2n) is 5.84. The molecule has 0 aliphatic rings. The number of halogens is 3. The molecule has 0 spiro atoms. The van der Waals surface area contributed by atoms with Crippen LogP contribution < -0.4 is 0 Å². The van der Waals surface area contributed by atoms with Gasteiger partial charge in [0.15, 0.2) is 0 Å². The van der Waals surface area contributed by atoms with Gasteiger partial charge in [-0.3, -0.25) is 4.98 Å². The smallest absolute Gasteiger partial charge is 0.145 e. The lowest BCUT2D eigenvalue weighted by molar-refractivity contribution is 0.580. The lowest BCUT2D eigenvalue weighted by Crippen LogP contribution is -2.12. The van der Waals surface area contributed by atoms with E-state index in [9.17, 15) is 8.78 Å². The van der Waals surface area contributed by atoms with Gasteiger partial charge in [-0.1, -0.05) is 32.4 Å². The summed E-state index contributed by atoms with van der Waals surface area (Å²) in [6.07, 6.45) is 2.09. The maximum Gasteiger partial charge on any atom is 0.145 e. The third-order valence-corrected chi connectivity index (χ3v) is 3.47. The van der Waals surface area contributed by atoms with E-state index in [-0.39, 0.29) is 5.41 Å². The van der Waals surface area contributed by atoms with Crippen molar-refractivity contribution >= 4 is 11.6 Å². The molecule has 1 aromatic carbocycles. The average Bonchev–Trinajstić information content (AvgIpc) is 2.35. The predicted molar refractivity (Wildman–Crippen MR) is 77.1 cm³/mol. The zero-order valence-corrected chi connectivity index (χ0v) is 12.4. The van der Waals surface area contributed by atoms with Crippen LogP contribution in [0.1, 0.15) is 37.6 Å². The summed E-state index contributed by atoms with van der Waals surface area (Å²) in [5.41, 5.74) is 2.44. The quantitative estimate of drug-likeness (QED) is 0.718. The Morgan fingerprint density at radius 2 is 1.70 bits per heavy atom. The maximum atomic E-state index is 13.4. The van der Waals surface area contributed by atoms with Crippen molar-refractivity contribution in [2.24, 2.45) is 0 Å². The second kappa shape index (κ2) is 5.49. The molecule has 1 heterocycles. The topological polar surface area (TPSA) is 12.9 Å². The Balaban J connectivity index is 2.31. The van der Waals surface area contributed by atoms with E-state index < -0.39 is 16.7 Å². The van der Waals surface area contributed by atoms with Gasteiger partial charge in [0.1, 0.15) is 16.7 Å². The highest BCUT2D eigenvalue weighted by atomic mass is 35.5. The van der Waals surface area contributed by atoms with Crippen molar-refractivity contribution in [2.75, 3.05) is 0 Å². The molecule has 1 aromatic heterocycles. The molecule has 20 heavy (non-hydrogen) atoms.